The van der Waals surface area contributed by atoms with Crippen molar-refractivity contribution < 1.29 is 28.6 Å². The lowest BCUT2D eigenvalue weighted by molar-refractivity contribution is -0.167. The summed E-state index contributed by atoms with van der Waals surface area (Å²) in [7, 11) is 0. The monoisotopic (exact) mass is 1120 g/mol. The molecular weight excluding hydrogens is 985 g/mol. The van der Waals surface area contributed by atoms with Crippen molar-refractivity contribution in [3.05, 3.63) is 48.6 Å². The lowest BCUT2D eigenvalue weighted by atomic mass is 10.0. The smallest absolute Gasteiger partial charge is 0.306 e. The SMILES string of the molecule is CC/C=C\C/C=C\C/C=C\CCCCCCCCCC(=O)OC(COC(=O)CCCCCCC/C=C\CCCCCCC)COC(=O)CCCCCCCCCCCCCCCCCCCCCCCCCCCCCCCCC. The summed E-state index contributed by atoms with van der Waals surface area (Å²) in [6, 6.07) is 0. The minimum absolute atomic E-state index is 0.0761. The van der Waals surface area contributed by atoms with Gasteiger partial charge in [0.05, 0.1) is 0 Å². The Kier molecular flexibility index (Phi) is 66.6. The van der Waals surface area contributed by atoms with Gasteiger partial charge in [-0.3, -0.25) is 14.4 Å². The second-order valence-electron chi connectivity index (χ2n) is 24.1. The number of ether oxygens (including phenoxy) is 3. The lowest BCUT2D eigenvalue weighted by Crippen LogP contribution is -2.30. The molecule has 0 saturated carbocycles. The molecule has 0 aliphatic rings. The van der Waals surface area contributed by atoms with Crippen LogP contribution in [0.2, 0.25) is 0 Å². The van der Waals surface area contributed by atoms with Crippen LogP contribution in [0.25, 0.3) is 0 Å². The van der Waals surface area contributed by atoms with Crippen molar-refractivity contribution >= 4 is 17.9 Å². The molecule has 0 spiro atoms. The molecule has 0 aromatic heterocycles. The van der Waals surface area contributed by atoms with E-state index in [4.69, 9.17) is 14.2 Å². The van der Waals surface area contributed by atoms with Gasteiger partial charge < -0.3 is 14.2 Å². The van der Waals surface area contributed by atoms with Crippen LogP contribution < -0.4 is 0 Å². The zero-order chi connectivity index (χ0) is 57.8. The van der Waals surface area contributed by atoms with Gasteiger partial charge in [0.15, 0.2) is 6.10 Å². The summed E-state index contributed by atoms with van der Waals surface area (Å²) in [5.74, 6) is -0.871. The minimum atomic E-state index is -0.781. The van der Waals surface area contributed by atoms with Gasteiger partial charge in [-0.1, -0.05) is 339 Å². The van der Waals surface area contributed by atoms with Crippen molar-refractivity contribution in [2.75, 3.05) is 13.2 Å². The van der Waals surface area contributed by atoms with E-state index in [0.29, 0.717) is 19.3 Å². The van der Waals surface area contributed by atoms with E-state index in [1.807, 2.05) is 0 Å². The van der Waals surface area contributed by atoms with Crippen LogP contribution >= 0.6 is 0 Å². The second kappa shape index (κ2) is 68.9. The van der Waals surface area contributed by atoms with Crippen LogP contribution in [0.4, 0.5) is 0 Å². The number of hydrogen-bond donors (Lipinski definition) is 0. The van der Waals surface area contributed by atoms with Gasteiger partial charge >= 0.3 is 17.9 Å². The first-order valence-electron chi connectivity index (χ1n) is 35.6. The third kappa shape index (κ3) is 66.2. The molecule has 0 rings (SSSR count). The lowest BCUT2D eigenvalue weighted by Gasteiger charge is -2.18. The van der Waals surface area contributed by atoms with Crippen LogP contribution in [0.3, 0.4) is 0 Å². The van der Waals surface area contributed by atoms with Gasteiger partial charge in [0, 0.05) is 19.3 Å². The molecule has 468 valence electrons. The highest BCUT2D eigenvalue weighted by atomic mass is 16.6. The normalized spacial score (nSPS) is 12.3. The van der Waals surface area contributed by atoms with Crippen molar-refractivity contribution in [2.45, 2.75) is 393 Å². The molecule has 6 heteroatoms. The molecule has 1 unspecified atom stereocenters. The van der Waals surface area contributed by atoms with E-state index in [1.165, 1.54) is 257 Å². The molecule has 0 aliphatic heterocycles. The number of unbranched alkanes of at least 4 members (excludes halogenated alkanes) is 47. The van der Waals surface area contributed by atoms with E-state index >= 15 is 0 Å². The third-order valence-electron chi connectivity index (χ3n) is 16.1. The average Bonchev–Trinajstić information content (AvgIpc) is 3.46. The number of esters is 3. The van der Waals surface area contributed by atoms with Gasteiger partial charge in [-0.05, 0) is 77.0 Å². The van der Waals surface area contributed by atoms with Crippen LogP contribution in [-0.4, -0.2) is 37.2 Å². The quantitative estimate of drug-likeness (QED) is 0.0261. The first kappa shape index (κ1) is 77.4. The summed E-state index contributed by atoms with van der Waals surface area (Å²) < 4.78 is 17.0. The Labute approximate surface area is 498 Å². The molecule has 1 atom stereocenters. The maximum absolute atomic E-state index is 12.9. The van der Waals surface area contributed by atoms with Gasteiger partial charge in [-0.2, -0.15) is 0 Å². The molecule has 0 amide bonds. The van der Waals surface area contributed by atoms with Crippen LogP contribution in [0.5, 0.6) is 0 Å². The Balaban J connectivity index is 4.15. The molecule has 0 aliphatic carbocycles. The van der Waals surface area contributed by atoms with Gasteiger partial charge in [-0.15, -0.1) is 0 Å². The Hall–Kier alpha value is -2.63. The van der Waals surface area contributed by atoms with E-state index in [0.717, 1.165) is 89.9 Å². The van der Waals surface area contributed by atoms with Crippen LogP contribution in [0.1, 0.15) is 387 Å². The van der Waals surface area contributed by atoms with Crippen molar-refractivity contribution in [3.8, 4) is 0 Å². The Morgan fingerprint density at radius 2 is 0.487 bits per heavy atom. The average molecular weight is 1120 g/mol. The summed E-state index contributed by atoms with van der Waals surface area (Å²) in [6.45, 7) is 6.57. The number of carbonyl (C=O) groups excluding carboxylic acids is 3. The fourth-order valence-corrected chi connectivity index (χ4v) is 10.8. The Morgan fingerprint density at radius 1 is 0.263 bits per heavy atom. The maximum Gasteiger partial charge on any atom is 0.306 e. The first-order valence-corrected chi connectivity index (χ1v) is 35.6. The van der Waals surface area contributed by atoms with Crippen molar-refractivity contribution in [1.29, 1.82) is 0 Å². The van der Waals surface area contributed by atoms with E-state index in [2.05, 4.69) is 69.4 Å². The molecular formula is C74H136O6. The van der Waals surface area contributed by atoms with Gasteiger partial charge in [0.25, 0.3) is 0 Å². The highest BCUT2D eigenvalue weighted by molar-refractivity contribution is 5.71. The van der Waals surface area contributed by atoms with Crippen LogP contribution in [0.15, 0.2) is 48.6 Å². The first-order chi connectivity index (χ1) is 39.5. The fourth-order valence-electron chi connectivity index (χ4n) is 10.8. The molecule has 6 nitrogen and oxygen atoms in total. The second-order valence-corrected chi connectivity index (χ2v) is 24.1. The van der Waals surface area contributed by atoms with Crippen LogP contribution in [-0.2, 0) is 28.6 Å². The number of carbonyl (C=O) groups is 3. The topological polar surface area (TPSA) is 78.9 Å². The molecule has 0 bridgehead atoms. The number of rotatable bonds is 66. The summed E-state index contributed by atoms with van der Waals surface area (Å²) in [5.41, 5.74) is 0. The summed E-state index contributed by atoms with van der Waals surface area (Å²) in [5, 5.41) is 0. The molecule has 0 fully saturated rings. The van der Waals surface area contributed by atoms with Gasteiger partial charge in [-0.25, -0.2) is 0 Å². The van der Waals surface area contributed by atoms with E-state index in [-0.39, 0.29) is 31.1 Å². The molecule has 0 N–H and O–H groups in total. The zero-order valence-corrected chi connectivity index (χ0v) is 53.9. The largest absolute Gasteiger partial charge is 0.462 e. The summed E-state index contributed by atoms with van der Waals surface area (Å²) in [6.07, 6.45) is 87.3. The Bertz CT molecular complexity index is 1380. The van der Waals surface area contributed by atoms with Gasteiger partial charge in [0.2, 0.25) is 0 Å². The molecule has 0 saturated heterocycles. The third-order valence-corrected chi connectivity index (χ3v) is 16.1. The van der Waals surface area contributed by atoms with E-state index in [1.54, 1.807) is 0 Å². The molecule has 80 heavy (non-hydrogen) atoms. The molecule has 0 aromatic rings. The number of hydrogen-bond acceptors (Lipinski definition) is 6. The van der Waals surface area contributed by atoms with Crippen molar-refractivity contribution in [1.82, 2.24) is 0 Å². The maximum atomic E-state index is 12.9. The predicted molar refractivity (Wildman–Crippen MR) is 349 cm³/mol. The fraction of sp³-hybridized carbons (Fsp3) is 0.851. The van der Waals surface area contributed by atoms with E-state index in [9.17, 15) is 14.4 Å². The molecule has 0 radical (unpaired) electrons. The highest BCUT2D eigenvalue weighted by Crippen LogP contribution is 2.19. The Morgan fingerprint density at radius 3 is 0.775 bits per heavy atom. The van der Waals surface area contributed by atoms with Gasteiger partial charge in [0.1, 0.15) is 13.2 Å². The number of allylic oxidation sites excluding steroid dienone is 8. The predicted octanol–water partition coefficient (Wildman–Crippen LogP) is 24.5. The van der Waals surface area contributed by atoms with Crippen LogP contribution in [0, 0.1) is 0 Å². The summed E-state index contributed by atoms with van der Waals surface area (Å²) in [4.78, 5) is 38.4. The molecule has 0 heterocycles. The van der Waals surface area contributed by atoms with Crippen molar-refractivity contribution in [3.63, 3.8) is 0 Å². The zero-order valence-electron chi connectivity index (χ0n) is 53.9. The molecule has 0 aromatic carbocycles. The summed E-state index contributed by atoms with van der Waals surface area (Å²) >= 11 is 0. The van der Waals surface area contributed by atoms with Crippen molar-refractivity contribution in [2.24, 2.45) is 0 Å². The highest BCUT2D eigenvalue weighted by Gasteiger charge is 2.19. The standard InChI is InChI=1S/C74H136O6/c1-4-7-10-13-16-19-22-25-28-30-31-32-33-34-35-36-37-38-39-40-41-42-43-45-46-49-52-55-58-61-64-67-73(76)79-70-71(69-78-72(75)66-63-60-57-54-51-48-27-24-21-18-15-12-9-6-3)80-74(77)68-65-62-59-56-53-50-47-44-29-26-23-20-17-14-11-8-5-2/h8,11,17,20,24,26-27,29,71H,4-7,9-10,12-16,18-19,21-23,25,28,30-70H2,1-3H3/b11-8-,20-17-,27-24-,29-26-. The van der Waals surface area contributed by atoms with E-state index < -0.39 is 6.10 Å². The minimum Gasteiger partial charge on any atom is -0.462 e.